The fraction of sp³-hybridized carbons (Fsp3) is 0.417. The lowest BCUT2D eigenvalue weighted by molar-refractivity contribution is -0.114. The number of fused-ring (bicyclic) bond motifs is 1. The van der Waals surface area contributed by atoms with E-state index in [1.165, 1.54) is 18.7 Å². The van der Waals surface area contributed by atoms with Gasteiger partial charge < -0.3 is 20.1 Å². The zero-order chi connectivity index (χ0) is 23.2. The zero-order valence-electron chi connectivity index (χ0n) is 18.8. The van der Waals surface area contributed by atoms with Gasteiger partial charge in [0.1, 0.15) is 11.6 Å². The number of hydrogen-bond acceptors (Lipinski definition) is 7. The van der Waals surface area contributed by atoms with E-state index in [1.54, 1.807) is 6.07 Å². The Labute approximate surface area is 197 Å². The van der Waals surface area contributed by atoms with Gasteiger partial charge in [-0.2, -0.15) is 4.99 Å². The van der Waals surface area contributed by atoms with Crippen molar-refractivity contribution in [2.75, 3.05) is 31.7 Å². The third kappa shape index (κ3) is 6.11. The topological polar surface area (TPSA) is 102 Å². The minimum atomic E-state index is -0.238. The molecular weight excluding hydrogens is 440 g/mol. The van der Waals surface area contributed by atoms with Crippen molar-refractivity contribution in [3.8, 4) is 5.75 Å². The number of ether oxygens (including phenoxy) is 2. The number of aromatic nitrogens is 1. The van der Waals surface area contributed by atoms with Crippen molar-refractivity contribution >= 4 is 51.5 Å². The molecule has 0 radical (unpaired) electrons. The Kier molecular flexibility index (Phi) is 7.61. The van der Waals surface area contributed by atoms with Crippen LogP contribution >= 0.6 is 11.8 Å². The molecule has 0 aliphatic carbocycles. The number of nitrogens with one attached hydrogen (secondary N) is 2. The minimum absolute atomic E-state index is 0.195. The number of carbonyl (C=O) groups is 2. The normalized spacial score (nSPS) is 17.9. The van der Waals surface area contributed by atoms with Crippen LogP contribution in [-0.2, 0) is 14.3 Å². The second-order valence-corrected chi connectivity index (χ2v) is 9.03. The van der Waals surface area contributed by atoms with Gasteiger partial charge in [-0.1, -0.05) is 6.07 Å². The first-order valence-electron chi connectivity index (χ1n) is 11.2. The minimum Gasteiger partial charge on any atom is -0.493 e. The summed E-state index contributed by atoms with van der Waals surface area (Å²) in [5.41, 5.74) is 1.55. The SMILES string of the molecule is CCOc1cc(NC(C)=O)nc2ccc(C=C3SC(NCCC4CCOCC4)=NC3=O)cc12. The van der Waals surface area contributed by atoms with Gasteiger partial charge in [0.25, 0.3) is 5.91 Å². The van der Waals surface area contributed by atoms with E-state index in [-0.39, 0.29) is 11.8 Å². The molecule has 2 aliphatic heterocycles. The number of anilines is 1. The highest BCUT2D eigenvalue weighted by atomic mass is 32.2. The number of benzene rings is 1. The van der Waals surface area contributed by atoms with E-state index in [2.05, 4.69) is 20.6 Å². The first-order chi connectivity index (χ1) is 16.0. The molecule has 0 spiro atoms. The highest BCUT2D eigenvalue weighted by Gasteiger charge is 2.22. The number of hydrogen-bond donors (Lipinski definition) is 2. The molecule has 2 aromatic rings. The molecule has 0 unspecified atom stereocenters. The van der Waals surface area contributed by atoms with Crippen molar-refractivity contribution in [1.82, 2.24) is 10.3 Å². The molecule has 2 amide bonds. The Morgan fingerprint density at radius 3 is 2.88 bits per heavy atom. The predicted molar refractivity (Wildman–Crippen MR) is 131 cm³/mol. The molecular formula is C24H28N4O4S. The molecule has 0 saturated carbocycles. The van der Waals surface area contributed by atoms with Gasteiger partial charge >= 0.3 is 0 Å². The first-order valence-corrected chi connectivity index (χ1v) is 12.0. The molecule has 3 heterocycles. The van der Waals surface area contributed by atoms with Crippen molar-refractivity contribution in [3.63, 3.8) is 0 Å². The van der Waals surface area contributed by atoms with Crippen LogP contribution in [0.15, 0.2) is 34.2 Å². The summed E-state index contributed by atoms with van der Waals surface area (Å²) < 4.78 is 11.2. The molecule has 1 fully saturated rings. The lowest BCUT2D eigenvalue weighted by Crippen LogP contribution is -2.24. The van der Waals surface area contributed by atoms with Crippen LogP contribution < -0.4 is 15.4 Å². The van der Waals surface area contributed by atoms with Crippen LogP contribution in [0.3, 0.4) is 0 Å². The third-order valence-corrected chi connectivity index (χ3v) is 6.43. The van der Waals surface area contributed by atoms with Gasteiger partial charge in [-0.05, 0) is 67.6 Å². The Morgan fingerprint density at radius 1 is 1.30 bits per heavy atom. The van der Waals surface area contributed by atoms with Crippen molar-refractivity contribution in [2.24, 2.45) is 10.9 Å². The van der Waals surface area contributed by atoms with Crippen LogP contribution in [0.2, 0.25) is 0 Å². The molecule has 4 rings (SSSR count). The lowest BCUT2D eigenvalue weighted by atomic mass is 9.97. The smallest absolute Gasteiger partial charge is 0.286 e. The summed E-state index contributed by atoms with van der Waals surface area (Å²) >= 11 is 1.36. The second-order valence-electron chi connectivity index (χ2n) is 8.00. The number of amidine groups is 1. The molecule has 1 aromatic heterocycles. The third-order valence-electron chi connectivity index (χ3n) is 5.49. The summed E-state index contributed by atoms with van der Waals surface area (Å²) in [4.78, 5) is 33.1. The number of amides is 2. The molecule has 0 bridgehead atoms. The van der Waals surface area contributed by atoms with E-state index in [1.807, 2.05) is 31.2 Å². The quantitative estimate of drug-likeness (QED) is 0.593. The summed E-state index contributed by atoms with van der Waals surface area (Å²) in [7, 11) is 0. The van der Waals surface area contributed by atoms with E-state index in [4.69, 9.17) is 9.47 Å². The van der Waals surface area contributed by atoms with Gasteiger partial charge in [-0.25, -0.2) is 4.98 Å². The number of thioether (sulfide) groups is 1. The fourth-order valence-electron chi connectivity index (χ4n) is 3.88. The maximum Gasteiger partial charge on any atom is 0.286 e. The molecule has 9 heteroatoms. The van der Waals surface area contributed by atoms with Gasteiger partial charge in [-0.3, -0.25) is 9.59 Å². The highest BCUT2D eigenvalue weighted by Crippen LogP contribution is 2.32. The van der Waals surface area contributed by atoms with E-state index < -0.39 is 0 Å². The average molecular weight is 469 g/mol. The predicted octanol–water partition coefficient (Wildman–Crippen LogP) is 3.97. The second kappa shape index (κ2) is 10.8. The lowest BCUT2D eigenvalue weighted by Gasteiger charge is -2.21. The Morgan fingerprint density at radius 2 is 2.12 bits per heavy atom. The van der Waals surface area contributed by atoms with Crippen molar-refractivity contribution < 1.29 is 19.1 Å². The van der Waals surface area contributed by atoms with Crippen LogP contribution in [0.25, 0.3) is 17.0 Å². The summed E-state index contributed by atoms with van der Waals surface area (Å²) in [5.74, 6) is 1.30. The van der Waals surface area contributed by atoms with Crippen molar-refractivity contribution in [3.05, 3.63) is 34.7 Å². The molecule has 33 heavy (non-hydrogen) atoms. The van der Waals surface area contributed by atoms with Crippen molar-refractivity contribution in [1.29, 1.82) is 0 Å². The van der Waals surface area contributed by atoms with E-state index in [0.29, 0.717) is 39.7 Å². The number of carbonyl (C=O) groups excluding carboxylic acids is 2. The van der Waals surface area contributed by atoms with E-state index in [9.17, 15) is 9.59 Å². The summed E-state index contributed by atoms with van der Waals surface area (Å²) in [5, 5.41) is 7.46. The summed E-state index contributed by atoms with van der Waals surface area (Å²) in [6, 6.07) is 7.39. The van der Waals surface area contributed by atoms with Gasteiger partial charge in [0.15, 0.2) is 5.17 Å². The Hall–Kier alpha value is -2.91. The maximum atomic E-state index is 12.4. The summed E-state index contributed by atoms with van der Waals surface area (Å²) in [6.07, 6.45) is 5.07. The molecule has 1 saturated heterocycles. The molecule has 2 N–H and O–H groups in total. The molecule has 174 valence electrons. The van der Waals surface area contributed by atoms with Crippen molar-refractivity contribution in [2.45, 2.75) is 33.1 Å². The van der Waals surface area contributed by atoms with Crippen LogP contribution in [0.4, 0.5) is 5.82 Å². The highest BCUT2D eigenvalue weighted by molar-refractivity contribution is 8.18. The molecule has 2 aliphatic rings. The Balaban J connectivity index is 1.46. The number of rotatable bonds is 7. The first kappa shape index (κ1) is 23.3. The molecule has 1 aromatic carbocycles. The maximum absolute atomic E-state index is 12.4. The average Bonchev–Trinajstić information content (AvgIpc) is 3.13. The van der Waals surface area contributed by atoms with Crippen LogP contribution in [0.1, 0.15) is 38.7 Å². The summed E-state index contributed by atoms with van der Waals surface area (Å²) in [6.45, 7) is 6.30. The van der Waals surface area contributed by atoms with Gasteiger partial charge in [0.2, 0.25) is 5.91 Å². The zero-order valence-corrected chi connectivity index (χ0v) is 19.7. The Bertz CT molecular complexity index is 1110. The largest absolute Gasteiger partial charge is 0.493 e. The fourth-order valence-corrected chi connectivity index (χ4v) is 4.72. The van der Waals surface area contributed by atoms with Gasteiger partial charge in [-0.15, -0.1) is 0 Å². The monoisotopic (exact) mass is 468 g/mol. The molecule has 8 nitrogen and oxygen atoms in total. The number of aliphatic imine (C=N–C) groups is 1. The standard InChI is InChI=1S/C24H28N4O4S/c1-3-32-20-14-22(26-15(2)29)27-19-5-4-17(12-18(19)20)13-21-23(30)28-24(33-21)25-9-6-16-7-10-31-11-8-16/h4-5,12-14,16H,3,6-11H2,1-2H3,(H,25,28,30)(H,26,27,29). The van der Waals surface area contributed by atoms with Gasteiger partial charge in [0.05, 0.1) is 17.0 Å². The van der Waals surface area contributed by atoms with Crippen LogP contribution in [0, 0.1) is 5.92 Å². The van der Waals surface area contributed by atoms with Gasteiger partial charge in [0, 0.05) is 38.1 Å². The molecule has 0 atom stereocenters. The number of pyridine rings is 1. The van der Waals surface area contributed by atoms with Crippen LogP contribution in [-0.4, -0.2) is 48.3 Å². The number of nitrogens with zero attached hydrogens (tertiary/aromatic N) is 2. The van der Waals surface area contributed by atoms with E-state index in [0.717, 1.165) is 50.0 Å². The van der Waals surface area contributed by atoms with Crippen LogP contribution in [0.5, 0.6) is 5.75 Å². The van der Waals surface area contributed by atoms with E-state index >= 15 is 0 Å².